The maximum Gasteiger partial charge on any atom is 0.231 e. The van der Waals surface area contributed by atoms with Crippen LogP contribution in [0.25, 0.3) is 0 Å². The Balaban J connectivity index is 1.60. The van der Waals surface area contributed by atoms with Crippen LogP contribution in [0.2, 0.25) is 5.02 Å². The average Bonchev–Trinajstić information content (AvgIpc) is 2.90. The summed E-state index contributed by atoms with van der Waals surface area (Å²) in [5.74, 6) is 1.40. The number of fused-ring (bicyclic) bond motifs is 1. The van der Waals surface area contributed by atoms with E-state index < -0.39 is 0 Å². The molecule has 3 rings (SSSR count). The Bertz CT molecular complexity index is 476. The van der Waals surface area contributed by atoms with Gasteiger partial charge < -0.3 is 14.6 Å². The van der Waals surface area contributed by atoms with Gasteiger partial charge in [0.05, 0.1) is 11.6 Å². The predicted octanol–water partition coefficient (Wildman–Crippen LogP) is 1.18. The fraction of sp³-hybridized carbons (Fsp3) is 0.571. The monoisotopic (exact) mass is 298 g/mol. The minimum Gasteiger partial charge on any atom is -0.454 e. The number of hydrogen-bond acceptors (Lipinski definition) is 5. The minimum absolute atomic E-state index is 0.234. The second-order valence-corrected chi connectivity index (χ2v) is 5.56. The molecule has 1 aromatic rings. The molecule has 0 unspecified atom stereocenters. The molecule has 0 atom stereocenters. The standard InChI is InChI=1S/C14H19ClN2O3/c15-12-7-11(8-13-14(12)20-10-19-13)9-17-3-1-16(2-4-17)5-6-18/h7-8,18H,1-6,9-10H2. The summed E-state index contributed by atoms with van der Waals surface area (Å²) in [4.78, 5) is 4.67. The SMILES string of the molecule is OCCN1CCN(Cc2cc(Cl)c3c(c2)OCO3)CC1. The third-order valence-corrected chi connectivity index (χ3v) is 4.06. The number of hydrogen-bond donors (Lipinski definition) is 1. The van der Waals surface area contributed by atoms with E-state index in [1.54, 1.807) is 0 Å². The topological polar surface area (TPSA) is 45.2 Å². The predicted molar refractivity (Wildman–Crippen MR) is 76.4 cm³/mol. The molecule has 0 aromatic heterocycles. The molecule has 1 aromatic carbocycles. The largest absolute Gasteiger partial charge is 0.454 e. The lowest BCUT2D eigenvalue weighted by Crippen LogP contribution is -2.46. The van der Waals surface area contributed by atoms with Crippen molar-refractivity contribution in [1.29, 1.82) is 0 Å². The third-order valence-electron chi connectivity index (χ3n) is 3.77. The summed E-state index contributed by atoms with van der Waals surface area (Å²) in [6.45, 7) is 6.12. The molecule has 0 amide bonds. The van der Waals surface area contributed by atoms with Crippen molar-refractivity contribution in [1.82, 2.24) is 9.80 Å². The second kappa shape index (κ2) is 6.18. The van der Waals surface area contributed by atoms with Gasteiger partial charge in [0.25, 0.3) is 0 Å². The normalized spacial score (nSPS) is 19.5. The van der Waals surface area contributed by atoms with Crippen LogP contribution in [0.15, 0.2) is 12.1 Å². The Labute approximate surface area is 123 Å². The molecule has 1 N–H and O–H groups in total. The lowest BCUT2D eigenvalue weighted by molar-refractivity contribution is 0.108. The maximum atomic E-state index is 8.94. The fourth-order valence-electron chi connectivity index (χ4n) is 2.68. The average molecular weight is 299 g/mol. The van der Waals surface area contributed by atoms with Gasteiger partial charge >= 0.3 is 0 Å². The highest BCUT2D eigenvalue weighted by molar-refractivity contribution is 6.32. The lowest BCUT2D eigenvalue weighted by atomic mass is 10.1. The first-order valence-electron chi connectivity index (χ1n) is 6.90. The highest BCUT2D eigenvalue weighted by Gasteiger charge is 2.21. The van der Waals surface area contributed by atoms with Crippen molar-refractivity contribution in [2.24, 2.45) is 0 Å². The van der Waals surface area contributed by atoms with Crippen LogP contribution < -0.4 is 9.47 Å². The summed E-state index contributed by atoms with van der Waals surface area (Å²) in [6.07, 6.45) is 0. The van der Waals surface area contributed by atoms with Crippen molar-refractivity contribution in [2.45, 2.75) is 6.54 Å². The molecule has 1 fully saturated rings. The van der Waals surface area contributed by atoms with Gasteiger partial charge in [0.1, 0.15) is 0 Å². The van der Waals surface area contributed by atoms with E-state index in [4.69, 9.17) is 26.2 Å². The van der Waals surface area contributed by atoms with Crippen LogP contribution in [0.1, 0.15) is 5.56 Å². The van der Waals surface area contributed by atoms with Crippen molar-refractivity contribution >= 4 is 11.6 Å². The van der Waals surface area contributed by atoms with Gasteiger partial charge in [-0.2, -0.15) is 0 Å². The zero-order valence-corrected chi connectivity index (χ0v) is 12.1. The Morgan fingerprint density at radius 2 is 1.85 bits per heavy atom. The third kappa shape index (κ3) is 3.01. The summed E-state index contributed by atoms with van der Waals surface area (Å²) >= 11 is 6.20. The van der Waals surface area contributed by atoms with Gasteiger partial charge in [-0.15, -0.1) is 0 Å². The molecule has 5 nitrogen and oxygen atoms in total. The minimum atomic E-state index is 0.234. The Hall–Kier alpha value is -1.01. The van der Waals surface area contributed by atoms with Crippen molar-refractivity contribution in [3.63, 3.8) is 0 Å². The molecule has 2 aliphatic rings. The van der Waals surface area contributed by atoms with Gasteiger partial charge in [-0.25, -0.2) is 0 Å². The van der Waals surface area contributed by atoms with Crippen LogP contribution >= 0.6 is 11.6 Å². The molecule has 110 valence electrons. The zero-order valence-electron chi connectivity index (χ0n) is 11.3. The first kappa shape index (κ1) is 13.9. The van der Waals surface area contributed by atoms with Gasteiger partial charge in [-0.05, 0) is 17.7 Å². The van der Waals surface area contributed by atoms with Crippen molar-refractivity contribution in [2.75, 3.05) is 46.1 Å². The fourth-order valence-corrected chi connectivity index (χ4v) is 2.97. The summed E-state index contributed by atoms with van der Waals surface area (Å²) in [7, 11) is 0. The van der Waals surface area contributed by atoms with E-state index in [-0.39, 0.29) is 13.4 Å². The Kier molecular flexibility index (Phi) is 4.31. The van der Waals surface area contributed by atoms with Crippen molar-refractivity contribution < 1.29 is 14.6 Å². The van der Waals surface area contributed by atoms with E-state index in [0.29, 0.717) is 10.8 Å². The Morgan fingerprint density at radius 3 is 2.60 bits per heavy atom. The summed E-state index contributed by atoms with van der Waals surface area (Å²) in [5.41, 5.74) is 1.15. The molecule has 0 aliphatic carbocycles. The highest BCUT2D eigenvalue weighted by Crippen LogP contribution is 2.40. The number of nitrogens with zero attached hydrogens (tertiary/aromatic N) is 2. The first-order valence-corrected chi connectivity index (χ1v) is 7.27. The second-order valence-electron chi connectivity index (χ2n) is 5.15. The lowest BCUT2D eigenvalue weighted by Gasteiger charge is -2.34. The van der Waals surface area contributed by atoms with Gasteiger partial charge in [-0.1, -0.05) is 11.6 Å². The summed E-state index contributed by atoms with van der Waals surface area (Å²) in [6, 6.07) is 3.96. The van der Waals surface area contributed by atoms with Crippen LogP contribution in [0.4, 0.5) is 0 Å². The molecule has 0 spiro atoms. The van der Waals surface area contributed by atoms with Crippen molar-refractivity contribution in [3.8, 4) is 11.5 Å². The first-order chi connectivity index (χ1) is 9.76. The summed E-state index contributed by atoms with van der Waals surface area (Å²) < 4.78 is 10.7. The van der Waals surface area contributed by atoms with Crippen LogP contribution in [0, 0.1) is 0 Å². The zero-order chi connectivity index (χ0) is 13.9. The number of halogens is 1. The molecule has 20 heavy (non-hydrogen) atoms. The highest BCUT2D eigenvalue weighted by atomic mass is 35.5. The van der Waals surface area contributed by atoms with Crippen molar-refractivity contribution in [3.05, 3.63) is 22.7 Å². The van der Waals surface area contributed by atoms with Gasteiger partial charge in [0.15, 0.2) is 11.5 Å². The smallest absolute Gasteiger partial charge is 0.231 e. The molecule has 0 saturated carbocycles. The van der Waals surface area contributed by atoms with Crippen LogP contribution in [0.3, 0.4) is 0 Å². The van der Waals surface area contributed by atoms with Crippen LogP contribution in [-0.2, 0) is 6.54 Å². The van der Waals surface area contributed by atoms with E-state index in [0.717, 1.165) is 50.6 Å². The number of β-amino-alcohol motifs (C(OH)–C–C–N with tert-alkyl or cyclic N) is 1. The Morgan fingerprint density at radius 1 is 1.10 bits per heavy atom. The number of rotatable bonds is 4. The molecular weight excluding hydrogens is 280 g/mol. The quantitative estimate of drug-likeness (QED) is 0.904. The van der Waals surface area contributed by atoms with Gasteiger partial charge in [0.2, 0.25) is 6.79 Å². The van der Waals surface area contributed by atoms with Crippen LogP contribution in [0.5, 0.6) is 11.5 Å². The maximum absolute atomic E-state index is 8.94. The van der Waals surface area contributed by atoms with Gasteiger partial charge in [0, 0.05) is 39.3 Å². The number of aliphatic hydroxyl groups is 1. The molecule has 1 saturated heterocycles. The van der Waals surface area contributed by atoms with Crippen LogP contribution in [-0.4, -0.2) is 61.0 Å². The molecule has 2 aliphatic heterocycles. The molecular formula is C14H19ClN2O3. The van der Waals surface area contributed by atoms with E-state index >= 15 is 0 Å². The number of benzene rings is 1. The van der Waals surface area contributed by atoms with Gasteiger partial charge in [-0.3, -0.25) is 9.80 Å². The van der Waals surface area contributed by atoms with E-state index in [1.807, 2.05) is 12.1 Å². The van der Waals surface area contributed by atoms with E-state index in [1.165, 1.54) is 0 Å². The van der Waals surface area contributed by atoms with E-state index in [2.05, 4.69) is 9.80 Å². The molecule has 2 heterocycles. The molecule has 0 radical (unpaired) electrons. The molecule has 0 bridgehead atoms. The number of ether oxygens (including phenoxy) is 2. The number of aliphatic hydroxyl groups excluding tert-OH is 1. The van der Waals surface area contributed by atoms with E-state index in [9.17, 15) is 0 Å². The summed E-state index contributed by atoms with van der Waals surface area (Å²) in [5, 5.41) is 9.56. The number of piperazine rings is 1. The molecule has 6 heteroatoms.